The van der Waals surface area contributed by atoms with Crippen molar-refractivity contribution >= 4 is 5.91 Å². The molecule has 1 aliphatic carbocycles. The number of aryl methyl sites for hydroxylation is 2. The first kappa shape index (κ1) is 11.8. The molecule has 18 heavy (non-hydrogen) atoms. The van der Waals surface area contributed by atoms with E-state index in [0.717, 1.165) is 18.5 Å². The quantitative estimate of drug-likeness (QED) is 0.807. The molecule has 0 spiro atoms. The molecule has 0 radical (unpaired) electrons. The van der Waals surface area contributed by atoms with Crippen molar-refractivity contribution in [3.63, 3.8) is 0 Å². The van der Waals surface area contributed by atoms with Crippen molar-refractivity contribution in [3.8, 4) is 0 Å². The summed E-state index contributed by atoms with van der Waals surface area (Å²) in [4.78, 5) is 12.0. The van der Waals surface area contributed by atoms with E-state index < -0.39 is 0 Å². The van der Waals surface area contributed by atoms with Crippen molar-refractivity contribution in [2.24, 2.45) is 5.92 Å². The van der Waals surface area contributed by atoms with Crippen LogP contribution in [0.25, 0.3) is 0 Å². The van der Waals surface area contributed by atoms with E-state index in [9.17, 15) is 4.79 Å². The van der Waals surface area contributed by atoms with Gasteiger partial charge in [0.15, 0.2) is 0 Å². The fourth-order valence-electron chi connectivity index (χ4n) is 3.31. The average Bonchev–Trinajstić information content (AvgIpc) is 2.37. The van der Waals surface area contributed by atoms with Crippen LogP contribution in [0.1, 0.15) is 59.7 Å². The monoisotopic (exact) mass is 243 g/mol. The van der Waals surface area contributed by atoms with Gasteiger partial charge in [-0.15, -0.1) is 0 Å². The van der Waals surface area contributed by atoms with Crippen LogP contribution in [0.3, 0.4) is 0 Å². The Morgan fingerprint density at radius 3 is 2.50 bits per heavy atom. The van der Waals surface area contributed by atoms with Gasteiger partial charge in [0.25, 0.3) is 5.91 Å². The number of hydrogen-bond acceptors (Lipinski definition) is 1. The molecule has 1 atom stereocenters. The van der Waals surface area contributed by atoms with Crippen LogP contribution in [-0.4, -0.2) is 12.5 Å². The van der Waals surface area contributed by atoms with Crippen LogP contribution in [0, 0.1) is 5.92 Å². The van der Waals surface area contributed by atoms with E-state index >= 15 is 0 Å². The maximum absolute atomic E-state index is 12.0. The number of carbonyl (C=O) groups is 1. The molecule has 0 saturated heterocycles. The molecule has 0 saturated carbocycles. The van der Waals surface area contributed by atoms with Gasteiger partial charge in [-0.25, -0.2) is 0 Å². The molecule has 0 bridgehead atoms. The van der Waals surface area contributed by atoms with Gasteiger partial charge < -0.3 is 5.32 Å². The second-order valence-corrected chi connectivity index (χ2v) is 5.98. The summed E-state index contributed by atoms with van der Waals surface area (Å²) in [5.41, 5.74) is 5.11. The van der Waals surface area contributed by atoms with Crippen LogP contribution in [0.5, 0.6) is 0 Å². The van der Waals surface area contributed by atoms with Gasteiger partial charge in [0.1, 0.15) is 0 Å². The molecule has 2 aliphatic rings. The minimum atomic E-state index is 0.121. The molecule has 2 nitrogen and oxygen atoms in total. The van der Waals surface area contributed by atoms with E-state index in [1.807, 2.05) is 0 Å². The highest BCUT2D eigenvalue weighted by atomic mass is 16.1. The lowest BCUT2D eigenvalue weighted by molar-refractivity contribution is 0.0936. The number of nitrogens with one attached hydrogen (secondary N) is 1. The summed E-state index contributed by atoms with van der Waals surface area (Å²) in [5, 5.41) is 3.04. The standard InChI is InChI=1S/C16H21NO/c1-10(2)15-9-17-16(18)14-8-12-6-4-3-5-11(12)7-13(14)15/h7-8,10,15H,3-6,9H2,1-2H3,(H,17,18). The van der Waals surface area contributed by atoms with Crippen LogP contribution < -0.4 is 5.32 Å². The SMILES string of the molecule is CC(C)C1CNC(=O)c2cc3c(cc21)CCCC3. The van der Waals surface area contributed by atoms with E-state index in [0.29, 0.717) is 11.8 Å². The molecule has 1 unspecified atom stereocenters. The van der Waals surface area contributed by atoms with Crippen molar-refractivity contribution in [2.75, 3.05) is 6.54 Å². The second-order valence-electron chi connectivity index (χ2n) is 5.98. The minimum absolute atomic E-state index is 0.121. The number of rotatable bonds is 1. The Bertz CT molecular complexity index is 490. The topological polar surface area (TPSA) is 29.1 Å². The predicted octanol–water partition coefficient (Wildman–Crippen LogP) is 3.05. The zero-order chi connectivity index (χ0) is 12.7. The summed E-state index contributed by atoms with van der Waals surface area (Å²) in [5.74, 6) is 1.17. The highest BCUT2D eigenvalue weighted by Gasteiger charge is 2.28. The van der Waals surface area contributed by atoms with Gasteiger partial charge in [-0.05, 0) is 54.4 Å². The molecule has 1 aromatic rings. The van der Waals surface area contributed by atoms with Crippen molar-refractivity contribution < 1.29 is 4.79 Å². The van der Waals surface area contributed by atoms with Crippen LogP contribution >= 0.6 is 0 Å². The minimum Gasteiger partial charge on any atom is -0.351 e. The number of carbonyl (C=O) groups excluding carboxylic acids is 1. The largest absolute Gasteiger partial charge is 0.351 e. The third kappa shape index (κ3) is 1.84. The van der Waals surface area contributed by atoms with Crippen LogP contribution in [0.2, 0.25) is 0 Å². The van der Waals surface area contributed by atoms with Crippen LogP contribution in [0.15, 0.2) is 12.1 Å². The molecule has 1 aromatic carbocycles. The van der Waals surface area contributed by atoms with E-state index in [4.69, 9.17) is 0 Å². The molecular weight excluding hydrogens is 222 g/mol. The summed E-state index contributed by atoms with van der Waals surface area (Å²) < 4.78 is 0. The van der Waals surface area contributed by atoms with Gasteiger partial charge in [-0.3, -0.25) is 4.79 Å². The Morgan fingerprint density at radius 1 is 1.17 bits per heavy atom. The Hall–Kier alpha value is -1.31. The normalized spacial score (nSPS) is 22.4. The molecule has 0 aromatic heterocycles. The summed E-state index contributed by atoms with van der Waals surface area (Å²) >= 11 is 0. The maximum Gasteiger partial charge on any atom is 0.251 e. The number of benzene rings is 1. The lowest BCUT2D eigenvalue weighted by Crippen LogP contribution is -2.37. The van der Waals surface area contributed by atoms with Crippen LogP contribution in [0.4, 0.5) is 0 Å². The molecule has 1 amide bonds. The molecule has 1 aliphatic heterocycles. The van der Waals surface area contributed by atoms with Crippen molar-refractivity contribution in [1.82, 2.24) is 5.32 Å². The molecule has 1 N–H and O–H groups in total. The molecule has 0 fully saturated rings. The highest BCUT2D eigenvalue weighted by molar-refractivity contribution is 5.97. The van der Waals surface area contributed by atoms with E-state index in [1.165, 1.54) is 36.0 Å². The molecule has 2 heteroatoms. The molecule has 3 rings (SSSR count). The summed E-state index contributed by atoms with van der Waals surface area (Å²) in [6.45, 7) is 5.28. The third-order valence-corrected chi connectivity index (χ3v) is 4.45. The highest BCUT2D eigenvalue weighted by Crippen LogP contribution is 2.34. The fraction of sp³-hybridized carbons (Fsp3) is 0.562. The van der Waals surface area contributed by atoms with Gasteiger partial charge in [0.2, 0.25) is 0 Å². The van der Waals surface area contributed by atoms with Crippen molar-refractivity contribution in [1.29, 1.82) is 0 Å². The maximum atomic E-state index is 12.0. The Morgan fingerprint density at radius 2 is 1.83 bits per heavy atom. The Labute approximate surface area is 109 Å². The Kier molecular flexibility index (Phi) is 2.89. The lowest BCUT2D eigenvalue weighted by atomic mass is 9.79. The van der Waals surface area contributed by atoms with Crippen molar-refractivity contribution in [2.45, 2.75) is 45.4 Å². The van der Waals surface area contributed by atoms with E-state index in [-0.39, 0.29) is 5.91 Å². The zero-order valence-corrected chi connectivity index (χ0v) is 11.3. The van der Waals surface area contributed by atoms with Gasteiger partial charge in [0, 0.05) is 18.0 Å². The van der Waals surface area contributed by atoms with Gasteiger partial charge in [-0.2, -0.15) is 0 Å². The average molecular weight is 243 g/mol. The third-order valence-electron chi connectivity index (χ3n) is 4.45. The first-order valence-electron chi connectivity index (χ1n) is 7.10. The Balaban J connectivity index is 2.11. The van der Waals surface area contributed by atoms with Gasteiger partial charge >= 0.3 is 0 Å². The summed E-state index contributed by atoms with van der Waals surface area (Å²) in [6.07, 6.45) is 4.89. The van der Waals surface area contributed by atoms with Gasteiger partial charge in [0.05, 0.1) is 0 Å². The summed E-state index contributed by atoms with van der Waals surface area (Å²) in [6, 6.07) is 4.49. The second kappa shape index (κ2) is 4.42. The zero-order valence-electron chi connectivity index (χ0n) is 11.3. The van der Waals surface area contributed by atoms with E-state index in [2.05, 4.69) is 31.3 Å². The molecular formula is C16H21NO. The van der Waals surface area contributed by atoms with Gasteiger partial charge in [-0.1, -0.05) is 19.9 Å². The smallest absolute Gasteiger partial charge is 0.251 e. The predicted molar refractivity (Wildman–Crippen MR) is 73.0 cm³/mol. The molecule has 96 valence electrons. The number of amides is 1. The number of hydrogen-bond donors (Lipinski definition) is 1. The number of fused-ring (bicyclic) bond motifs is 2. The van der Waals surface area contributed by atoms with Crippen LogP contribution in [-0.2, 0) is 12.8 Å². The van der Waals surface area contributed by atoms with E-state index in [1.54, 1.807) is 0 Å². The first-order valence-corrected chi connectivity index (χ1v) is 7.10. The van der Waals surface area contributed by atoms with Crippen molar-refractivity contribution in [3.05, 3.63) is 34.4 Å². The molecule has 1 heterocycles. The first-order chi connectivity index (χ1) is 8.66. The summed E-state index contributed by atoms with van der Waals surface area (Å²) in [7, 11) is 0. The lowest BCUT2D eigenvalue weighted by Gasteiger charge is -2.31. The fourth-order valence-corrected chi connectivity index (χ4v) is 3.31.